The van der Waals surface area contributed by atoms with Crippen molar-refractivity contribution >= 4 is 11.4 Å². The average Bonchev–Trinajstić information content (AvgIpc) is 3.73. The van der Waals surface area contributed by atoms with Gasteiger partial charge in [0.15, 0.2) is 0 Å². The smallest absolute Gasteiger partial charge is 0.134 e. The van der Waals surface area contributed by atoms with Crippen molar-refractivity contribution in [3.8, 4) is 0 Å². The van der Waals surface area contributed by atoms with Crippen LogP contribution in [0.3, 0.4) is 0 Å². The molecule has 17 rings (SSSR count). The van der Waals surface area contributed by atoms with E-state index in [2.05, 4.69) is 206 Å². The summed E-state index contributed by atoms with van der Waals surface area (Å²) in [5, 5.41) is 0. The maximum atomic E-state index is 4.83. The molecule has 12 saturated carbocycles. The second-order valence-corrected chi connectivity index (χ2v) is 32.2. The van der Waals surface area contributed by atoms with Gasteiger partial charge in [-0.2, -0.15) is 0 Å². The summed E-state index contributed by atoms with van der Waals surface area (Å²) < 4.78 is 0. The maximum Gasteiger partial charge on any atom is 0.134 e. The van der Waals surface area contributed by atoms with Crippen LogP contribution in [0, 0.1) is 48.7 Å². The highest BCUT2D eigenvalue weighted by molar-refractivity contribution is 6.00. The first-order valence-corrected chi connectivity index (χ1v) is 31.5. The van der Waals surface area contributed by atoms with Crippen LogP contribution in [0.2, 0.25) is 0 Å². The quantitative estimate of drug-likeness (QED) is 0.204. The molecule has 0 radical (unpaired) electrons. The Bertz CT molecular complexity index is 2090. The number of aromatic nitrogens is 5. The van der Waals surface area contributed by atoms with Crippen LogP contribution < -0.4 is 0 Å². The van der Waals surface area contributed by atoms with Crippen LogP contribution in [0.1, 0.15) is 294 Å². The number of nitrogens with zero attached hydrogens (tertiary/aromatic N) is 6. The molecule has 0 N–H and O–H groups in total. The topological polar surface area (TPSA) is 76.8 Å². The lowest BCUT2D eigenvalue weighted by Crippen LogP contribution is -2.63. The largest absolute Gasteiger partial charge is 0.261 e. The Labute approximate surface area is 489 Å². The Morgan fingerprint density at radius 2 is 0.671 bits per heavy atom. The van der Waals surface area contributed by atoms with E-state index in [1.54, 1.807) is 6.33 Å². The molecule has 6 heteroatoms. The van der Waals surface area contributed by atoms with Gasteiger partial charge in [0.25, 0.3) is 0 Å². The van der Waals surface area contributed by atoms with Crippen LogP contribution in [0.15, 0.2) is 90.7 Å². The molecule has 6 nitrogen and oxygen atoms in total. The summed E-state index contributed by atoms with van der Waals surface area (Å²) in [6.45, 7) is 60.5. The molecule has 1 aliphatic heterocycles. The van der Waals surface area contributed by atoms with Crippen LogP contribution >= 0.6 is 0 Å². The van der Waals surface area contributed by atoms with E-state index in [4.69, 9.17) is 4.99 Å². The van der Waals surface area contributed by atoms with Gasteiger partial charge in [-0.25, -0.2) is 19.9 Å². The van der Waals surface area contributed by atoms with Crippen molar-refractivity contribution in [3.05, 3.63) is 108 Å². The molecule has 0 atom stereocenters. The molecule has 12 aliphatic carbocycles. The Balaban J connectivity index is 0.000000314. The lowest BCUT2D eigenvalue weighted by atomic mass is 9.34. The molecule has 446 valence electrons. The van der Waals surface area contributed by atoms with E-state index in [9.17, 15) is 0 Å². The monoisotopic (exact) mass is 1080 g/mol. The molecule has 4 heterocycles. The highest BCUT2D eigenvalue weighted by atomic mass is 14.9. The first-order valence-electron chi connectivity index (χ1n) is 31.5. The Kier molecular flexibility index (Phi) is 25.3. The Morgan fingerprint density at radius 1 is 0.342 bits per heavy atom. The van der Waals surface area contributed by atoms with Crippen molar-refractivity contribution < 1.29 is 0 Å². The third-order valence-electron chi connectivity index (χ3n) is 14.8. The second kappa shape index (κ2) is 28.0. The average molecular weight is 1090 g/mol. The molecule has 4 aromatic rings. The molecular weight excluding hydrogens is 961 g/mol. The minimum Gasteiger partial charge on any atom is -0.261 e. The minimum atomic E-state index is 0.399. The molecule has 12 fully saturated rings. The van der Waals surface area contributed by atoms with E-state index < -0.39 is 0 Å². The highest BCUT2D eigenvalue weighted by Gasteiger charge is 2.69. The van der Waals surface area contributed by atoms with Crippen molar-refractivity contribution in [2.24, 2.45) is 53.7 Å². The molecule has 0 unspecified atom stereocenters. The lowest BCUT2D eigenvalue weighted by molar-refractivity contribution is -0.138. The predicted octanol–water partition coefficient (Wildman–Crippen LogP) is 22.2. The van der Waals surface area contributed by atoms with E-state index in [1.165, 1.54) is 105 Å². The third kappa shape index (κ3) is 21.2. The molecule has 1 aromatic carbocycles. The first-order chi connectivity index (χ1) is 36.4. The zero-order chi connectivity index (χ0) is 60.8. The van der Waals surface area contributed by atoms with Crippen molar-refractivity contribution in [2.75, 3.05) is 0 Å². The fourth-order valence-electron chi connectivity index (χ4n) is 13.6. The van der Waals surface area contributed by atoms with Crippen molar-refractivity contribution in [1.82, 2.24) is 24.9 Å². The summed E-state index contributed by atoms with van der Waals surface area (Å²) in [6, 6.07) is 18.8. The van der Waals surface area contributed by atoms with Gasteiger partial charge in [-0.05, 0) is 156 Å². The van der Waals surface area contributed by atoms with Crippen molar-refractivity contribution in [2.45, 2.75) is 294 Å². The normalized spacial score (nSPS) is 30.6. The predicted molar refractivity (Wildman–Crippen MR) is 347 cm³/mol. The first kappa shape index (κ1) is 71.3. The lowest BCUT2D eigenvalue weighted by Gasteiger charge is -2.69. The van der Waals surface area contributed by atoms with Gasteiger partial charge in [-0.1, -0.05) is 218 Å². The molecule has 3 aromatic heterocycles. The SMILES string of the molecule is CC.CC.CC.CC.CC(C)(C)C.CC(C)(C)C.CC(C)(C)C.CC(C)(C)C.CC12CC(C3=Nc4ccccc4C3)(C1)C2.CC12CC(c3ccccn3)(C1)C2.CC12CC(c3ccncn3)(C1)C2.CC12CC(c3ncccn3)(C1)C2. The number of fused-ring (bicyclic) bond motifs is 1. The van der Waals surface area contributed by atoms with Gasteiger partial charge >= 0.3 is 0 Å². The van der Waals surface area contributed by atoms with E-state index in [-0.39, 0.29) is 0 Å². The summed E-state index contributed by atoms with van der Waals surface area (Å²) in [5.41, 5.74) is 13.4. The fourth-order valence-corrected chi connectivity index (χ4v) is 13.6. The van der Waals surface area contributed by atoms with E-state index >= 15 is 0 Å². The summed E-state index contributed by atoms with van der Waals surface area (Å²) in [5.74, 6) is 1.08. The van der Waals surface area contributed by atoms with Crippen LogP contribution in [0.4, 0.5) is 5.69 Å². The molecule has 8 bridgehead atoms. The number of hydrogen-bond acceptors (Lipinski definition) is 6. The van der Waals surface area contributed by atoms with Gasteiger partial charge in [-0.15, -0.1) is 0 Å². The number of benzene rings is 1. The van der Waals surface area contributed by atoms with Crippen LogP contribution in [-0.2, 0) is 22.7 Å². The number of hydrogen-bond donors (Lipinski definition) is 0. The van der Waals surface area contributed by atoms with E-state index in [0.29, 0.717) is 65.0 Å². The van der Waals surface area contributed by atoms with Crippen LogP contribution in [0.5, 0.6) is 0 Å². The summed E-state index contributed by atoms with van der Waals surface area (Å²) in [6.07, 6.45) is 26.5. The maximum absolute atomic E-state index is 4.83. The molecular formula is C73H124N6. The molecule has 0 amide bonds. The van der Waals surface area contributed by atoms with Gasteiger partial charge in [-0.3, -0.25) is 9.98 Å². The van der Waals surface area contributed by atoms with Gasteiger partial charge < -0.3 is 0 Å². The zero-order valence-corrected chi connectivity index (χ0v) is 57.0. The second-order valence-electron chi connectivity index (χ2n) is 32.2. The minimum absolute atomic E-state index is 0.399. The van der Waals surface area contributed by atoms with Gasteiger partial charge in [0.05, 0.1) is 5.69 Å². The Morgan fingerprint density at radius 3 is 1.00 bits per heavy atom. The van der Waals surface area contributed by atoms with Gasteiger partial charge in [0.2, 0.25) is 0 Å². The molecule has 0 saturated heterocycles. The molecule has 79 heavy (non-hydrogen) atoms. The summed E-state index contributed by atoms with van der Waals surface area (Å²) in [4.78, 5) is 26.2. The van der Waals surface area contributed by atoms with Crippen molar-refractivity contribution in [1.29, 1.82) is 0 Å². The molecule has 13 aliphatic rings. The standard InChI is InChI=1S/C14H15N.C11H13N.2C10H12N2.4C5H12.4C2H6/c1-13-7-14(8-13,9-13)12-6-10-4-2-3-5-11(10)15-12;1-10-6-11(7-10,8-10)9-4-2-3-5-12-9;1-9-4-10(5-9,6-9)8-2-3-11-7-12-8;1-9-5-10(6-9,7-9)8-11-3-2-4-12-8;4*1-5(2,3)4;4*1-2/h2-5H,6-9H2,1H3;2-5H,6-8H2,1H3;2-3,7H,4-6H2,1H3;2-4H,5-7H2,1H3;4*1-4H3;4*1-2H3. The number of rotatable bonds is 4. The number of para-hydroxylation sites is 1. The van der Waals surface area contributed by atoms with Crippen LogP contribution in [0.25, 0.3) is 0 Å². The van der Waals surface area contributed by atoms with Gasteiger partial charge in [0, 0.05) is 70.0 Å². The molecule has 0 spiro atoms. The number of pyridine rings is 1. The summed E-state index contributed by atoms with van der Waals surface area (Å²) in [7, 11) is 0. The number of aliphatic imine (C=N–C) groups is 1. The van der Waals surface area contributed by atoms with Gasteiger partial charge in [0.1, 0.15) is 12.2 Å². The van der Waals surface area contributed by atoms with E-state index in [1.807, 2.05) is 92.3 Å². The zero-order valence-electron chi connectivity index (χ0n) is 57.0. The third-order valence-corrected chi connectivity index (χ3v) is 14.8. The Hall–Kier alpha value is -3.80. The van der Waals surface area contributed by atoms with Crippen LogP contribution in [-0.4, -0.2) is 30.6 Å². The van der Waals surface area contributed by atoms with Crippen molar-refractivity contribution in [3.63, 3.8) is 0 Å². The highest BCUT2D eigenvalue weighted by Crippen LogP contribution is 2.75. The fraction of sp³-hybridized carbons (Fsp3) is 0.726. The van der Waals surface area contributed by atoms with E-state index in [0.717, 1.165) is 12.2 Å². The summed E-state index contributed by atoms with van der Waals surface area (Å²) >= 11 is 0.